The zero-order valence-corrected chi connectivity index (χ0v) is 47.4. The fraction of sp³-hybridized carbons (Fsp3) is 0.304. The molecule has 5 heterocycles. The second-order valence-electron chi connectivity index (χ2n) is 19.0. The zero-order chi connectivity index (χ0) is 54.9. The molecule has 20 heteroatoms. The van der Waals surface area contributed by atoms with Crippen LogP contribution in [0.4, 0.5) is 13.2 Å². The van der Waals surface area contributed by atoms with E-state index in [0.717, 1.165) is 55.7 Å². The Morgan fingerprint density at radius 3 is 1.91 bits per heavy atom. The molecule has 0 bridgehead atoms. The molecule has 0 aliphatic heterocycles. The number of methoxy groups -OCH3 is 2. The number of H-pyrrole nitrogens is 1. The highest BCUT2D eigenvalue weighted by molar-refractivity contribution is 9.10. The number of ether oxygens (including phenoxy) is 3. The van der Waals surface area contributed by atoms with Crippen molar-refractivity contribution in [2.75, 3.05) is 49.0 Å². The highest BCUT2D eigenvalue weighted by Gasteiger charge is 2.38. The first-order valence-electron chi connectivity index (χ1n) is 23.5. The highest BCUT2D eigenvalue weighted by Crippen LogP contribution is 2.46. The molecule has 0 aliphatic carbocycles. The Bertz CT molecular complexity index is 3290. The largest absolute Gasteiger partial charge is 0.496 e. The van der Waals surface area contributed by atoms with E-state index in [1.807, 2.05) is 30.5 Å². The molecule has 2 unspecified atom stereocenters. The van der Waals surface area contributed by atoms with Gasteiger partial charge in [-0.25, -0.2) is 9.97 Å². The van der Waals surface area contributed by atoms with E-state index in [1.165, 1.54) is 61.2 Å². The van der Waals surface area contributed by atoms with Gasteiger partial charge in [0, 0.05) is 139 Å². The number of carbonyl (C=O) groups is 2. The zero-order valence-electron chi connectivity index (χ0n) is 43.3. The number of nitrogens with one attached hydrogen (secondary N) is 1. The maximum absolute atomic E-state index is 14.5. The number of aromatic amines is 1. The molecule has 0 saturated carbocycles. The Hall–Kier alpha value is -6.42. The monoisotopic (exact) mass is 1190 g/mol. The molecule has 0 spiro atoms. The molecule has 3 N–H and O–H groups in total. The maximum Gasteiger partial charge on any atom is 0.417 e. The third-order valence-corrected chi connectivity index (χ3v) is 15.0. The average Bonchev–Trinajstić information content (AvgIpc) is 3.99. The van der Waals surface area contributed by atoms with Crippen LogP contribution in [0.1, 0.15) is 41.9 Å². The number of pyridine rings is 3. The van der Waals surface area contributed by atoms with Crippen molar-refractivity contribution in [1.82, 2.24) is 34.3 Å². The SMILES string of the molecule is C.CN(C)C(=O)C(O)c1cccc(Br)c1.COc1ccccc1-c1c[nH]c2ncc(-c3cncc(C(O)C(=O)N(C)C)c3)c(C(F)(F)F)c12.COc1ccccc1-c1cn(COCC[Si](C)(C)C)c2ncc(Br)c(C)c12. The van der Waals surface area contributed by atoms with Crippen LogP contribution in [0.15, 0.2) is 125 Å². The Balaban J connectivity index is 0.000000226. The van der Waals surface area contributed by atoms with E-state index in [9.17, 15) is 33.0 Å². The van der Waals surface area contributed by atoms with E-state index >= 15 is 0 Å². The van der Waals surface area contributed by atoms with Gasteiger partial charge in [0.25, 0.3) is 11.8 Å². The number of likely N-dealkylation sites (N-methyl/N-ethyl adjacent to an activating group) is 2. The molecule has 0 saturated heterocycles. The van der Waals surface area contributed by atoms with Crippen molar-refractivity contribution in [1.29, 1.82) is 0 Å². The van der Waals surface area contributed by atoms with Gasteiger partial charge >= 0.3 is 6.18 Å². The minimum atomic E-state index is -4.75. The number of halogens is 5. The molecular weight excluding hydrogens is 1130 g/mol. The van der Waals surface area contributed by atoms with E-state index < -0.39 is 37.9 Å². The van der Waals surface area contributed by atoms with Crippen molar-refractivity contribution in [3.63, 3.8) is 0 Å². The number of amides is 2. The number of nitrogens with zero attached hydrogens (tertiary/aromatic N) is 6. The predicted octanol–water partition coefficient (Wildman–Crippen LogP) is 12.7. The smallest absolute Gasteiger partial charge is 0.417 e. The molecule has 8 aromatic rings. The lowest BCUT2D eigenvalue weighted by molar-refractivity contribution is -0.138. The van der Waals surface area contributed by atoms with Gasteiger partial charge < -0.3 is 43.8 Å². The Morgan fingerprint density at radius 1 is 0.750 bits per heavy atom. The van der Waals surface area contributed by atoms with Crippen LogP contribution in [-0.4, -0.2) is 113 Å². The standard InChI is InChI=1S/C24H21F3N4O3.C21H27BrN2O2Si.C10H12BrNO2.CH4/c1-31(2)23(33)21(32)14-8-13(9-28-10-14)16-11-29-22-19(20(16)24(25,26)27)17(12-30-22)15-6-4-5-7-18(15)34-3;1-15-18(22)12-23-21-20(15)17(16-8-6-7-9-19(16)25-2)13-24(21)14-26-10-11-27(3,4)5;1-12(2)10(14)9(13)7-4-3-5-8(11)6-7;/h4-12,21,32H,1-3H3,(H,29,30);6-9,12-13H,10-11,14H2,1-5H3;3-6,9,13H,1-2H3;1H4. The molecule has 2 atom stereocenters. The first-order valence-corrected chi connectivity index (χ1v) is 28.8. The summed E-state index contributed by atoms with van der Waals surface area (Å²) in [5, 5.41) is 21.0. The number of aliphatic hydroxyl groups is 2. The molecule has 0 radical (unpaired) electrons. The van der Waals surface area contributed by atoms with Gasteiger partial charge in [0.1, 0.15) is 29.5 Å². The molecular formula is C56H64Br2F3N7O7Si. The van der Waals surface area contributed by atoms with Gasteiger partial charge in [0.05, 0.1) is 19.8 Å². The summed E-state index contributed by atoms with van der Waals surface area (Å²) in [7, 11) is 8.21. The van der Waals surface area contributed by atoms with E-state index in [1.54, 1.807) is 63.7 Å². The third kappa shape index (κ3) is 14.3. The molecule has 404 valence electrons. The van der Waals surface area contributed by atoms with Crippen LogP contribution in [0.25, 0.3) is 55.4 Å². The number of aryl methyl sites for hydroxylation is 1. The van der Waals surface area contributed by atoms with Gasteiger partial charge in [0.15, 0.2) is 12.2 Å². The van der Waals surface area contributed by atoms with Gasteiger partial charge in [-0.3, -0.25) is 14.6 Å². The number of para-hydroxylation sites is 2. The lowest BCUT2D eigenvalue weighted by atomic mass is 9.94. The van der Waals surface area contributed by atoms with Crippen molar-refractivity contribution in [3.05, 3.63) is 147 Å². The molecule has 3 aromatic carbocycles. The van der Waals surface area contributed by atoms with Gasteiger partial charge in [-0.1, -0.05) is 91.5 Å². The third-order valence-electron chi connectivity index (χ3n) is 12.0. The van der Waals surface area contributed by atoms with Crippen LogP contribution in [0.3, 0.4) is 0 Å². The van der Waals surface area contributed by atoms with Gasteiger partial charge in [-0.15, -0.1) is 0 Å². The Kier molecular flexibility index (Phi) is 20.7. The van der Waals surface area contributed by atoms with Crippen molar-refractivity contribution < 1.29 is 47.2 Å². The lowest BCUT2D eigenvalue weighted by Crippen LogP contribution is -2.28. The minimum Gasteiger partial charge on any atom is -0.496 e. The summed E-state index contributed by atoms with van der Waals surface area (Å²) in [4.78, 5) is 41.8. The van der Waals surface area contributed by atoms with Crippen LogP contribution in [-0.2, 0) is 27.2 Å². The summed E-state index contributed by atoms with van der Waals surface area (Å²) in [5.74, 6) is 0.335. The van der Waals surface area contributed by atoms with E-state index in [4.69, 9.17) is 14.2 Å². The molecule has 76 heavy (non-hydrogen) atoms. The second kappa shape index (κ2) is 26.1. The average molecular weight is 1190 g/mol. The Morgan fingerprint density at radius 2 is 1.34 bits per heavy atom. The van der Waals surface area contributed by atoms with Crippen LogP contribution in [0.2, 0.25) is 25.7 Å². The fourth-order valence-corrected chi connectivity index (χ4v) is 9.47. The summed E-state index contributed by atoms with van der Waals surface area (Å²) in [6, 6.07) is 24.4. The highest BCUT2D eigenvalue weighted by atomic mass is 79.9. The topological polar surface area (TPSA) is 168 Å². The number of aromatic nitrogens is 5. The number of carbonyl (C=O) groups excluding carboxylic acids is 2. The Labute approximate surface area is 459 Å². The van der Waals surface area contributed by atoms with Crippen molar-refractivity contribution in [3.8, 4) is 44.9 Å². The van der Waals surface area contributed by atoms with Crippen molar-refractivity contribution in [2.45, 2.75) is 65.2 Å². The molecule has 5 aromatic heterocycles. The van der Waals surface area contributed by atoms with E-state index in [-0.39, 0.29) is 46.6 Å². The minimum absolute atomic E-state index is 0. The fourth-order valence-electron chi connectivity index (χ4n) is 7.99. The van der Waals surface area contributed by atoms with Crippen LogP contribution in [0, 0.1) is 6.92 Å². The first-order chi connectivity index (χ1) is 35.5. The maximum atomic E-state index is 14.5. The van der Waals surface area contributed by atoms with E-state index in [0.29, 0.717) is 23.6 Å². The molecule has 8 rings (SSSR count). The van der Waals surface area contributed by atoms with Crippen molar-refractivity contribution >= 4 is 73.8 Å². The number of hydrogen-bond donors (Lipinski definition) is 3. The summed E-state index contributed by atoms with van der Waals surface area (Å²) in [6.07, 6.45) is 1.65. The van der Waals surface area contributed by atoms with E-state index in [2.05, 4.69) is 95.2 Å². The van der Waals surface area contributed by atoms with Gasteiger partial charge in [0.2, 0.25) is 0 Å². The second-order valence-corrected chi connectivity index (χ2v) is 26.4. The van der Waals surface area contributed by atoms with Crippen LogP contribution >= 0.6 is 31.9 Å². The molecule has 14 nitrogen and oxygen atoms in total. The summed E-state index contributed by atoms with van der Waals surface area (Å²) < 4.78 is 64.4. The number of rotatable bonds is 14. The quantitative estimate of drug-likeness (QED) is 0.0704. The predicted molar refractivity (Wildman–Crippen MR) is 303 cm³/mol. The molecule has 0 aliphatic rings. The number of aliphatic hydroxyl groups excluding tert-OH is 2. The summed E-state index contributed by atoms with van der Waals surface area (Å²) in [5.41, 5.74) is 4.69. The van der Waals surface area contributed by atoms with Gasteiger partial charge in [-0.05, 0) is 70.4 Å². The number of hydrogen-bond acceptors (Lipinski definition) is 10. The van der Waals surface area contributed by atoms with Crippen LogP contribution < -0.4 is 9.47 Å². The lowest BCUT2D eigenvalue weighted by Gasteiger charge is -2.18. The number of benzene rings is 3. The number of fused-ring (bicyclic) bond motifs is 2. The normalized spacial score (nSPS) is 12.1. The van der Waals surface area contributed by atoms with Gasteiger partial charge in [-0.2, -0.15) is 13.2 Å². The van der Waals surface area contributed by atoms with Crippen molar-refractivity contribution in [2.24, 2.45) is 0 Å². The number of alkyl halides is 3. The first kappa shape index (κ1) is 60.4. The summed E-state index contributed by atoms with van der Waals surface area (Å²) in [6.45, 7) is 10.5. The molecule has 2 amide bonds. The molecule has 0 fully saturated rings. The summed E-state index contributed by atoms with van der Waals surface area (Å²) >= 11 is 6.90. The van der Waals surface area contributed by atoms with Crippen LogP contribution in [0.5, 0.6) is 11.5 Å².